The first-order valence-corrected chi connectivity index (χ1v) is 7.46. The van der Waals surface area contributed by atoms with E-state index in [1.54, 1.807) is 7.11 Å². The molecule has 0 spiro atoms. The molecule has 2 nitrogen and oxygen atoms in total. The summed E-state index contributed by atoms with van der Waals surface area (Å²) in [6.45, 7) is 8.61. The molecule has 20 heavy (non-hydrogen) atoms. The Morgan fingerprint density at radius 1 is 1.00 bits per heavy atom. The zero-order valence-electron chi connectivity index (χ0n) is 13.4. The van der Waals surface area contributed by atoms with Crippen LogP contribution in [-0.4, -0.2) is 18.5 Å². The Morgan fingerprint density at radius 3 is 1.95 bits per heavy atom. The quantitative estimate of drug-likeness (QED) is 0.760. The minimum absolute atomic E-state index is 0.155. The van der Waals surface area contributed by atoms with E-state index in [2.05, 4.69) is 19.9 Å². The van der Waals surface area contributed by atoms with Crippen molar-refractivity contribution in [1.82, 2.24) is 0 Å². The molecular weight excluding hydrogens is 248 g/mol. The molecule has 2 heteroatoms. The highest BCUT2D eigenvalue weighted by Crippen LogP contribution is 2.43. The van der Waals surface area contributed by atoms with E-state index in [1.165, 1.54) is 0 Å². The van der Waals surface area contributed by atoms with E-state index in [9.17, 15) is 4.79 Å². The van der Waals surface area contributed by atoms with Gasteiger partial charge in [0.05, 0.1) is 0 Å². The lowest BCUT2D eigenvalue weighted by Gasteiger charge is -2.41. The first-order valence-electron chi connectivity index (χ1n) is 7.46. The van der Waals surface area contributed by atoms with Crippen LogP contribution >= 0.6 is 0 Å². The summed E-state index contributed by atoms with van der Waals surface area (Å²) in [5.74, 6) is 0.155. The standard InChI is InChI=1S/C18H26O2/c1-13-10-14(2)12-15(11-13)16(19)18(20-5)8-6-17(3,4)7-9-18/h10-12H,6-9H2,1-5H3. The van der Waals surface area contributed by atoms with Crippen molar-refractivity contribution in [2.75, 3.05) is 7.11 Å². The number of hydrogen-bond donors (Lipinski definition) is 0. The van der Waals surface area contributed by atoms with E-state index in [-0.39, 0.29) is 5.78 Å². The average Bonchev–Trinajstić information content (AvgIpc) is 2.37. The van der Waals surface area contributed by atoms with Gasteiger partial charge in [0.15, 0.2) is 5.78 Å². The summed E-state index contributed by atoms with van der Waals surface area (Å²) in [4.78, 5) is 12.9. The Labute approximate surface area is 122 Å². The molecule has 0 N–H and O–H groups in total. The molecule has 0 aromatic heterocycles. The van der Waals surface area contributed by atoms with Crippen molar-refractivity contribution in [3.8, 4) is 0 Å². The van der Waals surface area contributed by atoms with Gasteiger partial charge in [-0.2, -0.15) is 0 Å². The van der Waals surface area contributed by atoms with Crippen molar-refractivity contribution in [2.24, 2.45) is 5.41 Å². The normalized spacial score (nSPS) is 20.6. The Hall–Kier alpha value is -1.15. The van der Waals surface area contributed by atoms with Crippen molar-refractivity contribution >= 4 is 5.78 Å². The summed E-state index contributed by atoms with van der Waals surface area (Å²) in [5.41, 5.74) is 2.77. The predicted octanol–water partition coefficient (Wildman–Crippen LogP) is 4.47. The number of ether oxygens (including phenoxy) is 1. The highest BCUT2D eigenvalue weighted by atomic mass is 16.5. The van der Waals surface area contributed by atoms with Gasteiger partial charge in [0.2, 0.25) is 0 Å². The molecule has 0 atom stereocenters. The minimum atomic E-state index is -0.615. The second kappa shape index (κ2) is 5.33. The van der Waals surface area contributed by atoms with Gasteiger partial charge in [-0.15, -0.1) is 0 Å². The maximum absolute atomic E-state index is 12.9. The molecule has 1 aromatic carbocycles. The number of carbonyl (C=O) groups excluding carboxylic acids is 1. The summed E-state index contributed by atoms with van der Waals surface area (Å²) >= 11 is 0. The molecule has 1 saturated carbocycles. The number of rotatable bonds is 3. The highest BCUT2D eigenvalue weighted by Gasteiger charge is 2.44. The molecule has 0 amide bonds. The third-order valence-electron chi connectivity index (χ3n) is 4.70. The molecule has 1 aliphatic carbocycles. The van der Waals surface area contributed by atoms with E-state index in [0.29, 0.717) is 5.41 Å². The van der Waals surface area contributed by atoms with Crippen LogP contribution in [0.2, 0.25) is 0 Å². The van der Waals surface area contributed by atoms with Crippen molar-refractivity contribution in [2.45, 2.75) is 59.0 Å². The zero-order valence-corrected chi connectivity index (χ0v) is 13.4. The molecule has 0 saturated heterocycles. The number of Topliss-reactive ketones (excluding diaryl/α,β-unsaturated/α-hetero) is 1. The van der Waals surface area contributed by atoms with Gasteiger partial charge in [0.1, 0.15) is 5.60 Å². The molecule has 0 radical (unpaired) electrons. The highest BCUT2D eigenvalue weighted by molar-refractivity contribution is 6.02. The largest absolute Gasteiger partial charge is 0.370 e. The van der Waals surface area contributed by atoms with Gasteiger partial charge in [-0.05, 0) is 57.1 Å². The summed E-state index contributed by atoms with van der Waals surface area (Å²) in [7, 11) is 1.68. The third kappa shape index (κ3) is 2.95. The van der Waals surface area contributed by atoms with Crippen molar-refractivity contribution in [1.29, 1.82) is 0 Å². The summed E-state index contributed by atoms with van der Waals surface area (Å²) in [6.07, 6.45) is 3.72. The van der Waals surface area contributed by atoms with Crippen LogP contribution in [0.25, 0.3) is 0 Å². The molecule has 1 aromatic rings. The molecule has 1 fully saturated rings. The molecule has 110 valence electrons. The minimum Gasteiger partial charge on any atom is -0.370 e. The van der Waals surface area contributed by atoms with E-state index in [1.807, 2.05) is 26.0 Å². The Morgan fingerprint density at radius 2 is 1.50 bits per heavy atom. The summed E-state index contributed by atoms with van der Waals surface area (Å²) in [6, 6.07) is 6.06. The van der Waals surface area contributed by atoms with Gasteiger partial charge in [-0.1, -0.05) is 31.0 Å². The topological polar surface area (TPSA) is 26.3 Å². The van der Waals surface area contributed by atoms with Crippen LogP contribution in [0.15, 0.2) is 18.2 Å². The second-order valence-electron chi connectivity index (χ2n) is 7.07. The van der Waals surface area contributed by atoms with Crippen molar-refractivity contribution in [3.05, 3.63) is 34.9 Å². The van der Waals surface area contributed by atoms with Crippen LogP contribution in [0.1, 0.15) is 61.0 Å². The molecule has 0 aliphatic heterocycles. The Balaban J connectivity index is 2.30. The van der Waals surface area contributed by atoms with Crippen LogP contribution in [-0.2, 0) is 4.74 Å². The monoisotopic (exact) mass is 274 g/mol. The van der Waals surface area contributed by atoms with Gasteiger partial charge in [-0.3, -0.25) is 4.79 Å². The molecule has 2 rings (SSSR count). The maximum atomic E-state index is 12.9. The predicted molar refractivity (Wildman–Crippen MR) is 82.2 cm³/mol. The molecular formula is C18H26O2. The number of aryl methyl sites for hydroxylation is 2. The van der Waals surface area contributed by atoms with Crippen LogP contribution < -0.4 is 0 Å². The fourth-order valence-corrected chi connectivity index (χ4v) is 3.22. The van der Waals surface area contributed by atoms with Gasteiger partial charge in [-0.25, -0.2) is 0 Å². The number of methoxy groups -OCH3 is 1. The van der Waals surface area contributed by atoms with Crippen molar-refractivity contribution in [3.63, 3.8) is 0 Å². The fraction of sp³-hybridized carbons (Fsp3) is 0.611. The van der Waals surface area contributed by atoms with Gasteiger partial charge < -0.3 is 4.74 Å². The first kappa shape index (κ1) is 15.2. The molecule has 1 aliphatic rings. The zero-order chi connectivity index (χ0) is 15.0. The van der Waals surface area contributed by atoms with Crippen LogP contribution in [0.4, 0.5) is 0 Å². The fourth-order valence-electron chi connectivity index (χ4n) is 3.22. The number of benzene rings is 1. The second-order valence-corrected chi connectivity index (χ2v) is 7.07. The lowest BCUT2D eigenvalue weighted by molar-refractivity contribution is -0.0383. The van der Waals surface area contributed by atoms with Crippen LogP contribution in [0.3, 0.4) is 0 Å². The Bertz CT molecular complexity index is 484. The SMILES string of the molecule is COC1(C(=O)c2cc(C)cc(C)c2)CCC(C)(C)CC1. The Kier molecular flexibility index (Phi) is 4.06. The van der Waals surface area contributed by atoms with Gasteiger partial charge in [0, 0.05) is 12.7 Å². The number of carbonyl (C=O) groups is 1. The van der Waals surface area contributed by atoms with Gasteiger partial charge in [0.25, 0.3) is 0 Å². The van der Waals surface area contributed by atoms with Crippen LogP contribution in [0.5, 0.6) is 0 Å². The van der Waals surface area contributed by atoms with E-state index < -0.39 is 5.60 Å². The molecule has 0 unspecified atom stereocenters. The van der Waals surface area contributed by atoms with E-state index >= 15 is 0 Å². The molecule has 0 bridgehead atoms. The maximum Gasteiger partial charge on any atom is 0.194 e. The smallest absolute Gasteiger partial charge is 0.194 e. The average molecular weight is 274 g/mol. The van der Waals surface area contributed by atoms with Crippen LogP contribution in [0, 0.1) is 19.3 Å². The molecule has 0 heterocycles. The van der Waals surface area contributed by atoms with Gasteiger partial charge >= 0.3 is 0 Å². The first-order chi connectivity index (χ1) is 9.28. The summed E-state index contributed by atoms with van der Waals surface area (Å²) < 4.78 is 5.72. The summed E-state index contributed by atoms with van der Waals surface area (Å²) in [5, 5.41) is 0. The number of hydrogen-bond acceptors (Lipinski definition) is 2. The number of ketones is 1. The lowest BCUT2D eigenvalue weighted by atomic mass is 9.68. The van der Waals surface area contributed by atoms with E-state index in [0.717, 1.165) is 42.4 Å². The van der Waals surface area contributed by atoms with Crippen molar-refractivity contribution < 1.29 is 9.53 Å². The third-order valence-corrected chi connectivity index (χ3v) is 4.70. The lowest BCUT2D eigenvalue weighted by Crippen LogP contribution is -2.45. The van der Waals surface area contributed by atoms with E-state index in [4.69, 9.17) is 4.74 Å².